The minimum atomic E-state index is -0.720. The molecule has 104 valence electrons. The Morgan fingerprint density at radius 2 is 1.41 bits per heavy atom. The molecule has 0 aliphatic rings. The first kappa shape index (κ1) is 17.1. The highest BCUT2D eigenvalue weighted by molar-refractivity contribution is 6.18. The lowest BCUT2D eigenvalue weighted by atomic mass is 10.1. The van der Waals surface area contributed by atoms with Gasteiger partial charge in [-0.3, -0.25) is 0 Å². The molecule has 0 heterocycles. The number of hydrogen-bond donors (Lipinski definition) is 0. The molecule has 0 aromatic heterocycles. The number of rotatable bonds is 13. The molecule has 0 aromatic carbocycles. The largest absolute Gasteiger partial charge is 0.399 e. The van der Waals surface area contributed by atoms with E-state index in [0.29, 0.717) is 6.10 Å². The van der Waals surface area contributed by atoms with Crippen molar-refractivity contribution in [3.05, 3.63) is 0 Å². The van der Waals surface area contributed by atoms with Crippen LogP contribution in [0.3, 0.4) is 0 Å². The zero-order valence-electron chi connectivity index (χ0n) is 12.2. The fourth-order valence-electron chi connectivity index (χ4n) is 1.83. The third-order valence-electron chi connectivity index (χ3n) is 3.04. The van der Waals surface area contributed by atoms with Crippen LogP contribution in [0.1, 0.15) is 78.6 Å². The molecule has 3 heteroatoms. The Kier molecular flexibility index (Phi) is 14.3. The predicted octanol–water partition coefficient (Wildman–Crippen LogP) is 3.96. The molecule has 0 bridgehead atoms. The lowest BCUT2D eigenvalue weighted by Gasteiger charge is -2.17. The van der Waals surface area contributed by atoms with Crippen molar-refractivity contribution in [2.24, 2.45) is 0 Å². The molecule has 0 spiro atoms. The average molecular weight is 260 g/mol. The molecule has 0 unspecified atom stereocenters. The smallest absolute Gasteiger partial charge is 0.304 e. The lowest BCUT2D eigenvalue weighted by molar-refractivity contribution is 0.135. The lowest BCUT2D eigenvalue weighted by Crippen LogP contribution is -2.18. The molecule has 0 aliphatic carbocycles. The second-order valence-corrected chi connectivity index (χ2v) is 5.78. The molecule has 0 aliphatic heterocycles. The van der Waals surface area contributed by atoms with Crippen LogP contribution in [0.2, 0.25) is 0 Å². The van der Waals surface area contributed by atoms with E-state index in [-0.39, 0.29) is 0 Å². The van der Waals surface area contributed by atoms with Gasteiger partial charge in [-0.15, -0.1) is 0 Å². The standard InChI is InChI=1S/C14H32O2Si/c1-4-7-10-13-15-17-16-14(11-8-5-2)12-9-6-3/h14H,4-13,17H2,1-3H3. The zero-order chi connectivity index (χ0) is 12.8. The van der Waals surface area contributed by atoms with E-state index in [4.69, 9.17) is 8.85 Å². The number of hydrogen-bond acceptors (Lipinski definition) is 2. The molecular formula is C14H32O2Si. The van der Waals surface area contributed by atoms with E-state index >= 15 is 0 Å². The van der Waals surface area contributed by atoms with E-state index in [1.54, 1.807) is 0 Å². The maximum Gasteiger partial charge on any atom is 0.304 e. The van der Waals surface area contributed by atoms with Gasteiger partial charge in [-0.2, -0.15) is 0 Å². The Labute approximate surface area is 111 Å². The van der Waals surface area contributed by atoms with Gasteiger partial charge in [-0.25, -0.2) is 0 Å². The molecule has 0 saturated heterocycles. The summed E-state index contributed by atoms with van der Waals surface area (Å²) in [5.74, 6) is 0. The first-order valence-electron chi connectivity index (χ1n) is 7.54. The minimum absolute atomic E-state index is 0.479. The summed E-state index contributed by atoms with van der Waals surface area (Å²) in [7, 11) is -0.720. The third-order valence-corrected chi connectivity index (χ3v) is 4.10. The minimum Gasteiger partial charge on any atom is -0.399 e. The van der Waals surface area contributed by atoms with Gasteiger partial charge >= 0.3 is 10.0 Å². The Balaban J connectivity index is 3.45. The van der Waals surface area contributed by atoms with Gasteiger partial charge in [0, 0.05) is 12.7 Å². The van der Waals surface area contributed by atoms with Crippen LogP contribution < -0.4 is 0 Å². The first-order chi connectivity index (χ1) is 8.35. The molecule has 0 amide bonds. The highest BCUT2D eigenvalue weighted by Crippen LogP contribution is 2.12. The van der Waals surface area contributed by atoms with Crippen molar-refractivity contribution < 1.29 is 8.85 Å². The summed E-state index contributed by atoms with van der Waals surface area (Å²) in [6.45, 7) is 7.62. The summed E-state index contributed by atoms with van der Waals surface area (Å²) in [6, 6.07) is 0. The van der Waals surface area contributed by atoms with Crippen LogP contribution >= 0.6 is 0 Å². The summed E-state index contributed by atoms with van der Waals surface area (Å²) in [5, 5.41) is 0. The summed E-state index contributed by atoms with van der Waals surface area (Å²) in [4.78, 5) is 0. The van der Waals surface area contributed by atoms with Crippen molar-refractivity contribution in [3.8, 4) is 0 Å². The van der Waals surface area contributed by atoms with Crippen molar-refractivity contribution >= 4 is 10.0 Å². The van der Waals surface area contributed by atoms with Gasteiger partial charge < -0.3 is 8.85 Å². The van der Waals surface area contributed by atoms with Crippen LogP contribution in [0.4, 0.5) is 0 Å². The Morgan fingerprint density at radius 1 is 0.824 bits per heavy atom. The molecule has 0 saturated carbocycles. The van der Waals surface area contributed by atoms with E-state index in [9.17, 15) is 0 Å². The van der Waals surface area contributed by atoms with Crippen LogP contribution in [-0.4, -0.2) is 22.7 Å². The SMILES string of the molecule is CCCCCO[SiH2]OC(CCCC)CCCC. The van der Waals surface area contributed by atoms with Crippen molar-refractivity contribution in [1.82, 2.24) is 0 Å². The fraction of sp³-hybridized carbons (Fsp3) is 1.00. The van der Waals surface area contributed by atoms with E-state index in [2.05, 4.69) is 20.8 Å². The molecular weight excluding hydrogens is 228 g/mol. The maximum absolute atomic E-state index is 5.94. The maximum atomic E-state index is 5.94. The average Bonchev–Trinajstić information content (AvgIpc) is 2.35. The van der Waals surface area contributed by atoms with E-state index < -0.39 is 10.0 Å². The molecule has 0 rings (SSSR count). The first-order valence-corrected chi connectivity index (χ1v) is 8.69. The van der Waals surface area contributed by atoms with Gasteiger partial charge in [0.15, 0.2) is 0 Å². The van der Waals surface area contributed by atoms with Crippen LogP contribution in [0.25, 0.3) is 0 Å². The van der Waals surface area contributed by atoms with Gasteiger partial charge in [0.25, 0.3) is 0 Å². The van der Waals surface area contributed by atoms with Gasteiger partial charge in [0.2, 0.25) is 0 Å². The Hall–Kier alpha value is 0.137. The van der Waals surface area contributed by atoms with E-state index in [1.165, 1.54) is 57.8 Å². The van der Waals surface area contributed by atoms with Crippen molar-refractivity contribution in [2.75, 3.05) is 6.61 Å². The molecule has 0 aromatic rings. The highest BCUT2D eigenvalue weighted by Gasteiger charge is 2.07. The van der Waals surface area contributed by atoms with Crippen LogP contribution in [0.5, 0.6) is 0 Å². The second-order valence-electron chi connectivity index (χ2n) is 4.81. The van der Waals surface area contributed by atoms with Crippen LogP contribution in [0.15, 0.2) is 0 Å². The molecule has 0 radical (unpaired) electrons. The van der Waals surface area contributed by atoms with Crippen molar-refractivity contribution in [3.63, 3.8) is 0 Å². The molecule has 0 atom stereocenters. The van der Waals surface area contributed by atoms with E-state index in [1.807, 2.05) is 0 Å². The highest BCUT2D eigenvalue weighted by atomic mass is 28.3. The summed E-state index contributed by atoms with van der Waals surface area (Å²) in [5.41, 5.74) is 0. The second kappa shape index (κ2) is 14.2. The quantitative estimate of drug-likeness (QED) is 0.369. The zero-order valence-corrected chi connectivity index (χ0v) is 13.6. The molecule has 2 nitrogen and oxygen atoms in total. The van der Waals surface area contributed by atoms with Gasteiger partial charge in [-0.05, 0) is 19.3 Å². The van der Waals surface area contributed by atoms with Crippen molar-refractivity contribution in [2.45, 2.75) is 84.7 Å². The third kappa shape index (κ3) is 12.4. The fourth-order valence-corrected chi connectivity index (χ4v) is 2.78. The van der Waals surface area contributed by atoms with Gasteiger partial charge in [-0.1, -0.05) is 59.3 Å². The van der Waals surface area contributed by atoms with Crippen LogP contribution in [0, 0.1) is 0 Å². The monoisotopic (exact) mass is 260 g/mol. The summed E-state index contributed by atoms with van der Waals surface area (Å²) < 4.78 is 11.6. The molecule has 0 N–H and O–H groups in total. The van der Waals surface area contributed by atoms with Gasteiger partial charge in [0.05, 0.1) is 0 Å². The summed E-state index contributed by atoms with van der Waals surface area (Å²) >= 11 is 0. The Bertz CT molecular complexity index is 134. The summed E-state index contributed by atoms with van der Waals surface area (Å²) in [6.07, 6.45) is 11.8. The van der Waals surface area contributed by atoms with Crippen molar-refractivity contribution in [1.29, 1.82) is 0 Å². The molecule has 17 heavy (non-hydrogen) atoms. The Morgan fingerprint density at radius 3 is 1.94 bits per heavy atom. The predicted molar refractivity (Wildman–Crippen MR) is 77.9 cm³/mol. The number of unbranched alkanes of at least 4 members (excludes halogenated alkanes) is 4. The van der Waals surface area contributed by atoms with Gasteiger partial charge in [0.1, 0.15) is 0 Å². The normalized spacial score (nSPS) is 12.0. The van der Waals surface area contributed by atoms with E-state index in [0.717, 1.165) is 6.61 Å². The van der Waals surface area contributed by atoms with Crippen LogP contribution in [-0.2, 0) is 8.85 Å². The molecule has 0 fully saturated rings. The topological polar surface area (TPSA) is 18.5 Å².